The largest absolute Gasteiger partial charge is 0.386 e. The Balaban J connectivity index is 2.42. The van der Waals surface area contributed by atoms with Crippen LogP contribution in [0, 0.1) is 0 Å². The standard InChI is InChI=1S/C11H14N2O/c1-12-8-11(14)10-6-5-9-4-2-3-7-13(9)10/h2-7,11-12,14H,8H2,1H3/t11-/m0/s1. The fraction of sp³-hybridized carbons (Fsp3) is 0.273. The summed E-state index contributed by atoms with van der Waals surface area (Å²) in [7, 11) is 1.83. The van der Waals surface area contributed by atoms with Crippen molar-refractivity contribution in [1.29, 1.82) is 0 Å². The highest BCUT2D eigenvalue weighted by Crippen LogP contribution is 2.16. The molecule has 0 amide bonds. The number of aliphatic hydroxyl groups is 1. The van der Waals surface area contributed by atoms with Crippen molar-refractivity contribution >= 4 is 5.52 Å². The maximum absolute atomic E-state index is 9.82. The number of nitrogens with one attached hydrogen (secondary N) is 1. The molecule has 2 aromatic heterocycles. The second-order valence-electron chi connectivity index (χ2n) is 3.33. The summed E-state index contributed by atoms with van der Waals surface area (Å²) >= 11 is 0. The van der Waals surface area contributed by atoms with Crippen LogP contribution in [-0.2, 0) is 0 Å². The van der Waals surface area contributed by atoms with Crippen LogP contribution in [0.2, 0.25) is 0 Å². The molecular formula is C11H14N2O. The van der Waals surface area contributed by atoms with Crippen LogP contribution in [0.15, 0.2) is 36.5 Å². The van der Waals surface area contributed by atoms with Gasteiger partial charge in [-0.15, -0.1) is 0 Å². The molecule has 0 aliphatic carbocycles. The lowest BCUT2D eigenvalue weighted by molar-refractivity contribution is 0.172. The maximum Gasteiger partial charge on any atom is 0.107 e. The van der Waals surface area contributed by atoms with Gasteiger partial charge in [0.05, 0.1) is 5.69 Å². The smallest absolute Gasteiger partial charge is 0.107 e. The Morgan fingerprint density at radius 3 is 3.00 bits per heavy atom. The molecule has 3 heteroatoms. The van der Waals surface area contributed by atoms with Gasteiger partial charge in [0.2, 0.25) is 0 Å². The van der Waals surface area contributed by atoms with E-state index in [1.54, 1.807) is 0 Å². The van der Waals surface area contributed by atoms with Gasteiger partial charge in [0, 0.05) is 18.3 Å². The van der Waals surface area contributed by atoms with E-state index in [2.05, 4.69) is 5.32 Å². The highest BCUT2D eigenvalue weighted by Gasteiger charge is 2.09. The maximum atomic E-state index is 9.82. The summed E-state index contributed by atoms with van der Waals surface area (Å²) in [6.07, 6.45) is 1.51. The molecule has 2 heterocycles. The third-order valence-electron chi connectivity index (χ3n) is 2.33. The molecule has 2 rings (SSSR count). The second-order valence-corrected chi connectivity index (χ2v) is 3.33. The SMILES string of the molecule is CNC[C@H](O)c1ccc2ccccn12. The van der Waals surface area contributed by atoms with E-state index in [4.69, 9.17) is 0 Å². The number of nitrogens with zero attached hydrogens (tertiary/aromatic N) is 1. The molecule has 0 bridgehead atoms. The van der Waals surface area contributed by atoms with Crippen molar-refractivity contribution in [2.45, 2.75) is 6.10 Å². The Morgan fingerprint density at radius 2 is 2.21 bits per heavy atom. The Kier molecular flexibility index (Phi) is 2.52. The summed E-state index contributed by atoms with van der Waals surface area (Å²) in [6.45, 7) is 0.570. The number of rotatable bonds is 3. The lowest BCUT2D eigenvalue weighted by Crippen LogP contribution is -2.17. The third-order valence-corrected chi connectivity index (χ3v) is 2.33. The van der Waals surface area contributed by atoms with E-state index >= 15 is 0 Å². The molecule has 0 saturated carbocycles. The average Bonchev–Trinajstić information content (AvgIpc) is 2.61. The summed E-state index contributed by atoms with van der Waals surface area (Å²) < 4.78 is 2.00. The number of pyridine rings is 1. The summed E-state index contributed by atoms with van der Waals surface area (Å²) in [5.74, 6) is 0. The van der Waals surface area contributed by atoms with Crippen LogP contribution in [0.4, 0.5) is 0 Å². The topological polar surface area (TPSA) is 36.7 Å². The van der Waals surface area contributed by atoms with Crippen molar-refractivity contribution in [3.05, 3.63) is 42.2 Å². The molecule has 74 valence electrons. The normalized spacial score (nSPS) is 13.3. The molecular weight excluding hydrogens is 176 g/mol. The van der Waals surface area contributed by atoms with E-state index in [1.165, 1.54) is 0 Å². The zero-order valence-corrected chi connectivity index (χ0v) is 8.14. The van der Waals surface area contributed by atoms with Crippen LogP contribution in [0.1, 0.15) is 11.8 Å². The summed E-state index contributed by atoms with van der Waals surface area (Å²) in [5, 5.41) is 12.8. The molecule has 3 nitrogen and oxygen atoms in total. The van der Waals surface area contributed by atoms with E-state index in [-0.39, 0.29) is 0 Å². The summed E-state index contributed by atoms with van der Waals surface area (Å²) in [4.78, 5) is 0. The zero-order valence-electron chi connectivity index (χ0n) is 8.14. The van der Waals surface area contributed by atoms with E-state index < -0.39 is 6.10 Å². The second kappa shape index (κ2) is 3.82. The molecule has 0 spiro atoms. The van der Waals surface area contributed by atoms with Gasteiger partial charge in [-0.3, -0.25) is 0 Å². The molecule has 14 heavy (non-hydrogen) atoms. The first-order valence-corrected chi connectivity index (χ1v) is 4.71. The third kappa shape index (κ3) is 1.52. The van der Waals surface area contributed by atoms with Crippen LogP contribution in [0.5, 0.6) is 0 Å². The van der Waals surface area contributed by atoms with E-state index in [0.29, 0.717) is 6.54 Å². The van der Waals surface area contributed by atoms with E-state index in [0.717, 1.165) is 11.2 Å². The summed E-state index contributed by atoms with van der Waals surface area (Å²) in [5.41, 5.74) is 2.03. The van der Waals surface area contributed by atoms with Crippen molar-refractivity contribution in [1.82, 2.24) is 9.72 Å². The predicted octanol–water partition coefficient (Wildman–Crippen LogP) is 1.19. The fourth-order valence-corrected chi connectivity index (χ4v) is 1.65. The molecule has 0 saturated heterocycles. The Morgan fingerprint density at radius 1 is 1.36 bits per heavy atom. The first kappa shape index (κ1) is 9.24. The van der Waals surface area contributed by atoms with Crippen molar-refractivity contribution in [3.8, 4) is 0 Å². The van der Waals surface area contributed by atoms with Gasteiger partial charge in [0.15, 0.2) is 0 Å². The molecule has 0 fully saturated rings. The molecule has 0 aliphatic heterocycles. The zero-order chi connectivity index (χ0) is 9.97. The quantitative estimate of drug-likeness (QED) is 0.762. The highest BCUT2D eigenvalue weighted by molar-refractivity contribution is 5.49. The lowest BCUT2D eigenvalue weighted by atomic mass is 10.2. The van der Waals surface area contributed by atoms with E-state index in [1.807, 2.05) is 48.0 Å². The molecule has 0 radical (unpaired) electrons. The molecule has 1 atom stereocenters. The van der Waals surface area contributed by atoms with Gasteiger partial charge in [-0.25, -0.2) is 0 Å². The number of fused-ring (bicyclic) bond motifs is 1. The number of aliphatic hydroxyl groups excluding tert-OH is 1. The number of hydrogen-bond donors (Lipinski definition) is 2. The van der Waals surface area contributed by atoms with Gasteiger partial charge < -0.3 is 14.8 Å². The van der Waals surface area contributed by atoms with Crippen molar-refractivity contribution in [2.75, 3.05) is 13.6 Å². The van der Waals surface area contributed by atoms with Crippen LogP contribution < -0.4 is 5.32 Å². The van der Waals surface area contributed by atoms with Gasteiger partial charge in [-0.05, 0) is 31.3 Å². The van der Waals surface area contributed by atoms with Crippen LogP contribution in [0.3, 0.4) is 0 Å². The molecule has 0 aromatic carbocycles. The van der Waals surface area contributed by atoms with Crippen LogP contribution >= 0.6 is 0 Å². The fourth-order valence-electron chi connectivity index (χ4n) is 1.65. The predicted molar refractivity (Wildman–Crippen MR) is 56.3 cm³/mol. The summed E-state index contributed by atoms with van der Waals surface area (Å²) in [6, 6.07) is 9.94. The van der Waals surface area contributed by atoms with Gasteiger partial charge in [-0.1, -0.05) is 6.07 Å². The molecule has 0 unspecified atom stereocenters. The first-order chi connectivity index (χ1) is 6.83. The Hall–Kier alpha value is -1.32. The number of hydrogen-bond acceptors (Lipinski definition) is 2. The first-order valence-electron chi connectivity index (χ1n) is 4.71. The molecule has 0 aliphatic rings. The average molecular weight is 190 g/mol. The molecule has 2 aromatic rings. The van der Waals surface area contributed by atoms with Crippen LogP contribution in [-0.4, -0.2) is 23.1 Å². The van der Waals surface area contributed by atoms with Gasteiger partial charge in [0.25, 0.3) is 0 Å². The minimum Gasteiger partial charge on any atom is -0.386 e. The van der Waals surface area contributed by atoms with Gasteiger partial charge in [0.1, 0.15) is 6.10 Å². The minimum absolute atomic E-state index is 0.454. The highest BCUT2D eigenvalue weighted by atomic mass is 16.3. The monoisotopic (exact) mass is 190 g/mol. The van der Waals surface area contributed by atoms with Crippen molar-refractivity contribution in [2.24, 2.45) is 0 Å². The van der Waals surface area contributed by atoms with Gasteiger partial charge in [-0.2, -0.15) is 0 Å². The Labute approximate surface area is 83.0 Å². The lowest BCUT2D eigenvalue weighted by Gasteiger charge is -2.10. The molecule has 2 N–H and O–H groups in total. The Bertz CT molecular complexity index is 422. The van der Waals surface area contributed by atoms with Crippen LogP contribution in [0.25, 0.3) is 5.52 Å². The number of likely N-dealkylation sites (N-methyl/N-ethyl adjacent to an activating group) is 1. The van der Waals surface area contributed by atoms with E-state index in [9.17, 15) is 5.11 Å². The van der Waals surface area contributed by atoms with Gasteiger partial charge >= 0.3 is 0 Å². The van der Waals surface area contributed by atoms with Crippen molar-refractivity contribution in [3.63, 3.8) is 0 Å². The van der Waals surface area contributed by atoms with Crippen molar-refractivity contribution < 1.29 is 5.11 Å². The minimum atomic E-state index is -0.454. The number of aromatic nitrogens is 1.